The number of carbonyl (C=O) groups is 1. The fourth-order valence-electron chi connectivity index (χ4n) is 3.05. The quantitative estimate of drug-likeness (QED) is 0.123. The lowest BCUT2D eigenvalue weighted by Crippen LogP contribution is -2.60. The molecule has 172 valence electrons. The molecule has 0 radical (unpaired) electrons. The Kier molecular flexibility index (Phi) is 6.87. The molecule has 32 heavy (non-hydrogen) atoms. The molecule has 0 aromatic heterocycles. The average Bonchev–Trinajstić information content (AvgIpc) is 2.76. The Morgan fingerprint density at radius 2 is 1.62 bits per heavy atom. The van der Waals surface area contributed by atoms with E-state index in [1.54, 1.807) is 0 Å². The van der Waals surface area contributed by atoms with Crippen LogP contribution in [-0.4, -0.2) is 83.9 Å². The summed E-state index contributed by atoms with van der Waals surface area (Å²) in [6, 6.07) is 5.69. The lowest BCUT2D eigenvalue weighted by molar-refractivity contribution is -0.277. The first-order chi connectivity index (χ1) is 15.1. The van der Waals surface area contributed by atoms with E-state index in [1.807, 2.05) is 0 Å². The van der Waals surface area contributed by atoms with E-state index in [0.717, 1.165) is 18.2 Å². The molecule has 2 aromatic rings. The number of carbonyl (C=O) groups excluding carboxylic acids is 1. The fraction of sp³-hybridized carbons (Fsp3) is 0.286. The molecule has 11 heteroatoms. The fourth-order valence-corrected chi connectivity index (χ4v) is 3.05. The molecule has 1 fully saturated rings. The number of hydrogen-bond acceptors (Lipinski definition) is 11. The minimum Gasteiger partial charge on any atom is -0.507 e. The molecular formula is C21H22O11. The number of rotatable bonds is 6. The monoisotopic (exact) mass is 450 g/mol. The molecule has 0 bridgehead atoms. The molecule has 5 atom stereocenters. The molecule has 0 unspecified atom stereocenters. The molecule has 0 amide bonds. The van der Waals surface area contributed by atoms with Crippen molar-refractivity contribution in [3.63, 3.8) is 0 Å². The van der Waals surface area contributed by atoms with Crippen molar-refractivity contribution < 1.29 is 55.1 Å². The first-order valence-corrected chi connectivity index (χ1v) is 9.40. The minimum absolute atomic E-state index is 0.289. The lowest BCUT2D eigenvalue weighted by Gasteiger charge is -2.39. The number of ether oxygens (including phenoxy) is 2. The number of phenols is 4. The number of allylic oxidation sites excluding steroid dienone is 1. The number of phenolic OH excluding ortho intramolecular Hbond substituents is 4. The summed E-state index contributed by atoms with van der Waals surface area (Å²) < 4.78 is 10.4. The van der Waals surface area contributed by atoms with Gasteiger partial charge in [0.2, 0.25) is 6.29 Å². The number of aromatic hydroxyl groups is 4. The lowest BCUT2D eigenvalue weighted by atomic mass is 9.99. The largest absolute Gasteiger partial charge is 0.507 e. The van der Waals surface area contributed by atoms with Crippen LogP contribution in [0, 0.1) is 0 Å². The minimum atomic E-state index is -1.74. The normalized spacial score (nSPS) is 25.7. The Labute approximate surface area is 181 Å². The van der Waals surface area contributed by atoms with Crippen molar-refractivity contribution in [3.8, 4) is 28.7 Å². The molecule has 11 nitrogen and oxygen atoms in total. The van der Waals surface area contributed by atoms with Crippen LogP contribution in [0.4, 0.5) is 0 Å². The van der Waals surface area contributed by atoms with E-state index >= 15 is 0 Å². The van der Waals surface area contributed by atoms with E-state index in [4.69, 9.17) is 9.47 Å². The summed E-state index contributed by atoms with van der Waals surface area (Å²) in [7, 11) is 0. The van der Waals surface area contributed by atoms with Crippen molar-refractivity contribution in [1.82, 2.24) is 0 Å². The predicted molar refractivity (Wildman–Crippen MR) is 107 cm³/mol. The van der Waals surface area contributed by atoms with Gasteiger partial charge in [0.1, 0.15) is 30.2 Å². The Balaban J connectivity index is 1.78. The topological polar surface area (TPSA) is 197 Å². The van der Waals surface area contributed by atoms with E-state index in [9.17, 15) is 45.6 Å². The first kappa shape index (κ1) is 23.3. The smallest absolute Gasteiger partial charge is 0.229 e. The second-order valence-electron chi connectivity index (χ2n) is 7.10. The summed E-state index contributed by atoms with van der Waals surface area (Å²) in [4.78, 5) is 12.4. The molecule has 2 aromatic carbocycles. The van der Waals surface area contributed by atoms with Gasteiger partial charge in [-0.3, -0.25) is 4.79 Å². The van der Waals surface area contributed by atoms with Gasteiger partial charge in [0.05, 0.1) is 12.2 Å². The molecule has 0 saturated carbocycles. The first-order valence-electron chi connectivity index (χ1n) is 9.40. The van der Waals surface area contributed by atoms with E-state index in [2.05, 4.69) is 0 Å². The van der Waals surface area contributed by atoms with E-state index in [0.29, 0.717) is 5.56 Å². The van der Waals surface area contributed by atoms with Crippen molar-refractivity contribution in [2.75, 3.05) is 6.61 Å². The molecule has 1 saturated heterocycles. The van der Waals surface area contributed by atoms with Crippen LogP contribution in [0.2, 0.25) is 0 Å². The van der Waals surface area contributed by atoms with Gasteiger partial charge < -0.3 is 50.3 Å². The van der Waals surface area contributed by atoms with Gasteiger partial charge >= 0.3 is 0 Å². The standard InChI is InChI=1S/C21H22O11/c22-8-17-18(28)19(29)20(30)21(32-17)31-16-7-13(25)10(6-15(16)27)11(23)3-1-9-2-4-12(24)14(26)5-9/h1-7,17-22,24-30H,8H2/t17-,18+,19+,20-,21+/m1/s1. The summed E-state index contributed by atoms with van der Waals surface area (Å²) >= 11 is 0. The van der Waals surface area contributed by atoms with Crippen LogP contribution in [0.3, 0.4) is 0 Å². The molecule has 1 aliphatic rings. The zero-order valence-corrected chi connectivity index (χ0v) is 16.4. The highest BCUT2D eigenvalue weighted by atomic mass is 16.7. The van der Waals surface area contributed by atoms with E-state index in [-0.39, 0.29) is 17.1 Å². The van der Waals surface area contributed by atoms with E-state index < -0.39 is 60.3 Å². The van der Waals surface area contributed by atoms with Gasteiger partial charge in [0.15, 0.2) is 28.8 Å². The summed E-state index contributed by atoms with van der Waals surface area (Å²) in [5.41, 5.74) is 0.0998. The maximum Gasteiger partial charge on any atom is 0.229 e. The van der Waals surface area contributed by atoms with Crippen molar-refractivity contribution in [1.29, 1.82) is 0 Å². The molecule has 1 heterocycles. The van der Waals surface area contributed by atoms with Gasteiger partial charge in [0.25, 0.3) is 0 Å². The second kappa shape index (κ2) is 9.42. The Hall–Kier alpha value is -3.35. The average molecular weight is 450 g/mol. The molecule has 3 rings (SSSR count). The highest BCUT2D eigenvalue weighted by Crippen LogP contribution is 2.36. The highest BCUT2D eigenvalue weighted by Gasteiger charge is 2.45. The number of aliphatic hydroxyl groups is 4. The Morgan fingerprint density at radius 3 is 2.28 bits per heavy atom. The van der Waals surface area contributed by atoms with Crippen molar-refractivity contribution in [3.05, 3.63) is 47.5 Å². The van der Waals surface area contributed by atoms with Crippen LogP contribution in [0.1, 0.15) is 15.9 Å². The van der Waals surface area contributed by atoms with Gasteiger partial charge in [-0.25, -0.2) is 0 Å². The van der Waals surface area contributed by atoms with Gasteiger partial charge in [-0.15, -0.1) is 0 Å². The molecule has 0 spiro atoms. The van der Waals surface area contributed by atoms with Gasteiger partial charge in [-0.2, -0.15) is 0 Å². The number of benzene rings is 2. The van der Waals surface area contributed by atoms with E-state index in [1.165, 1.54) is 24.3 Å². The maximum atomic E-state index is 12.4. The van der Waals surface area contributed by atoms with Crippen LogP contribution in [-0.2, 0) is 4.74 Å². The highest BCUT2D eigenvalue weighted by molar-refractivity contribution is 6.09. The molecule has 8 N–H and O–H groups in total. The van der Waals surface area contributed by atoms with Crippen LogP contribution in [0.25, 0.3) is 6.08 Å². The van der Waals surface area contributed by atoms with Crippen molar-refractivity contribution >= 4 is 11.9 Å². The van der Waals surface area contributed by atoms with Crippen LogP contribution in [0.15, 0.2) is 36.4 Å². The SMILES string of the molecule is O=C(C=Cc1ccc(O)c(O)c1)c1cc(O)c(O[C@H]2O[C@H](CO)[C@H](O)[C@H](O)[C@H]2O)cc1O. The third-order valence-electron chi connectivity index (χ3n) is 4.86. The predicted octanol–water partition coefficient (Wildman–Crippen LogP) is -0.416. The van der Waals surface area contributed by atoms with Crippen LogP contribution in [0.5, 0.6) is 28.7 Å². The maximum absolute atomic E-state index is 12.4. The third-order valence-corrected chi connectivity index (χ3v) is 4.86. The van der Waals surface area contributed by atoms with Crippen molar-refractivity contribution in [2.45, 2.75) is 30.7 Å². The summed E-state index contributed by atoms with van der Waals surface area (Å²) in [5.74, 6) is -2.98. The second-order valence-corrected chi connectivity index (χ2v) is 7.10. The third kappa shape index (κ3) is 4.77. The Morgan fingerprint density at radius 1 is 0.906 bits per heavy atom. The molecule has 0 aliphatic carbocycles. The number of hydrogen-bond donors (Lipinski definition) is 8. The van der Waals surface area contributed by atoms with Crippen molar-refractivity contribution in [2.24, 2.45) is 0 Å². The summed E-state index contributed by atoms with van der Waals surface area (Å²) in [6.07, 6.45) is -5.49. The molecule has 1 aliphatic heterocycles. The van der Waals surface area contributed by atoms with Gasteiger partial charge in [-0.05, 0) is 29.8 Å². The number of aliphatic hydroxyl groups excluding tert-OH is 4. The Bertz CT molecular complexity index is 1020. The summed E-state index contributed by atoms with van der Waals surface area (Å²) in [5, 5.41) is 78.0. The van der Waals surface area contributed by atoms with Crippen LogP contribution >= 0.6 is 0 Å². The number of ketones is 1. The van der Waals surface area contributed by atoms with Gasteiger partial charge in [0, 0.05) is 6.07 Å². The summed E-state index contributed by atoms with van der Waals surface area (Å²) in [6.45, 7) is -0.680. The van der Waals surface area contributed by atoms with Gasteiger partial charge in [-0.1, -0.05) is 12.1 Å². The van der Waals surface area contributed by atoms with Crippen LogP contribution < -0.4 is 4.74 Å². The molecular weight excluding hydrogens is 428 g/mol. The zero-order valence-electron chi connectivity index (χ0n) is 16.4. The zero-order chi connectivity index (χ0) is 23.6.